The number of nitrogens with zero attached hydrogens (tertiary/aromatic N) is 4. The van der Waals surface area contributed by atoms with Crippen LogP contribution in [0.1, 0.15) is 16.7 Å². The standard InChI is InChI=1S/C26H20N4/c1-4-10-22(11-5-1)26(23-12-6-2-7-13-23,24-14-8-3-9-15-24)30-18-25(29-20-30)21-16-27-19-28-17-21/h1-20H. The summed E-state index contributed by atoms with van der Waals surface area (Å²) < 4.78 is 2.19. The van der Waals surface area contributed by atoms with Crippen molar-refractivity contribution in [1.29, 1.82) is 0 Å². The minimum absolute atomic E-state index is 0.565. The van der Waals surface area contributed by atoms with E-state index in [-0.39, 0.29) is 0 Å². The van der Waals surface area contributed by atoms with Gasteiger partial charge >= 0.3 is 0 Å². The van der Waals surface area contributed by atoms with Crippen LogP contribution in [0.5, 0.6) is 0 Å². The predicted molar refractivity (Wildman–Crippen MR) is 118 cm³/mol. The molecule has 5 aromatic rings. The number of aromatic nitrogens is 4. The van der Waals surface area contributed by atoms with E-state index in [1.165, 1.54) is 6.33 Å². The second-order valence-corrected chi connectivity index (χ2v) is 7.10. The molecule has 5 rings (SSSR count). The normalized spacial score (nSPS) is 11.3. The summed E-state index contributed by atoms with van der Waals surface area (Å²) in [5.41, 5.74) is 4.65. The lowest BCUT2D eigenvalue weighted by molar-refractivity contribution is 0.515. The molecule has 0 N–H and O–H groups in total. The molecule has 0 amide bonds. The third-order valence-corrected chi connectivity index (χ3v) is 5.40. The maximum Gasteiger partial charge on any atom is 0.121 e. The van der Waals surface area contributed by atoms with E-state index in [4.69, 9.17) is 4.98 Å². The molecule has 144 valence electrons. The molecule has 0 saturated heterocycles. The summed E-state index contributed by atoms with van der Waals surface area (Å²) in [6, 6.07) is 31.7. The van der Waals surface area contributed by atoms with Gasteiger partial charge in [-0.25, -0.2) is 15.0 Å². The van der Waals surface area contributed by atoms with E-state index >= 15 is 0 Å². The Labute approximate surface area is 175 Å². The summed E-state index contributed by atoms with van der Waals surface area (Å²) in [4.78, 5) is 13.0. The third-order valence-electron chi connectivity index (χ3n) is 5.40. The van der Waals surface area contributed by atoms with Crippen molar-refractivity contribution in [1.82, 2.24) is 19.5 Å². The fourth-order valence-electron chi connectivity index (χ4n) is 4.07. The first kappa shape index (κ1) is 18.0. The molecule has 4 nitrogen and oxygen atoms in total. The molecule has 0 fully saturated rings. The van der Waals surface area contributed by atoms with Crippen LogP contribution in [0.15, 0.2) is 122 Å². The van der Waals surface area contributed by atoms with Crippen molar-refractivity contribution in [2.75, 3.05) is 0 Å². The zero-order valence-electron chi connectivity index (χ0n) is 16.3. The second-order valence-electron chi connectivity index (χ2n) is 7.10. The van der Waals surface area contributed by atoms with E-state index in [2.05, 4.69) is 93.5 Å². The van der Waals surface area contributed by atoms with Gasteiger partial charge in [-0.1, -0.05) is 91.0 Å². The molecule has 2 aromatic heterocycles. The maximum atomic E-state index is 4.71. The quantitative estimate of drug-likeness (QED) is 0.390. The van der Waals surface area contributed by atoms with Crippen LogP contribution in [0.25, 0.3) is 11.3 Å². The Bertz CT molecular complexity index is 1120. The van der Waals surface area contributed by atoms with Crippen LogP contribution < -0.4 is 0 Å². The van der Waals surface area contributed by atoms with Crippen LogP contribution in [0.3, 0.4) is 0 Å². The lowest BCUT2D eigenvalue weighted by Crippen LogP contribution is -2.36. The molecule has 0 aliphatic carbocycles. The van der Waals surface area contributed by atoms with Crippen LogP contribution >= 0.6 is 0 Å². The fourth-order valence-corrected chi connectivity index (χ4v) is 4.07. The lowest BCUT2D eigenvalue weighted by Gasteiger charge is -2.37. The van der Waals surface area contributed by atoms with E-state index in [1.54, 1.807) is 12.4 Å². The Morgan fingerprint density at radius 3 is 1.53 bits per heavy atom. The monoisotopic (exact) mass is 388 g/mol. The first-order valence-corrected chi connectivity index (χ1v) is 9.85. The highest BCUT2D eigenvalue weighted by atomic mass is 15.1. The van der Waals surface area contributed by atoms with Crippen molar-refractivity contribution in [3.05, 3.63) is 139 Å². The number of benzene rings is 3. The second kappa shape index (κ2) is 7.76. The Balaban J connectivity index is 1.82. The minimum Gasteiger partial charge on any atom is -0.318 e. The number of hydrogen-bond acceptors (Lipinski definition) is 3. The molecule has 0 radical (unpaired) electrons. The smallest absolute Gasteiger partial charge is 0.121 e. The van der Waals surface area contributed by atoms with Crippen molar-refractivity contribution < 1.29 is 0 Å². The highest BCUT2D eigenvalue weighted by Crippen LogP contribution is 2.41. The van der Waals surface area contributed by atoms with E-state index in [0.29, 0.717) is 0 Å². The largest absolute Gasteiger partial charge is 0.318 e. The van der Waals surface area contributed by atoms with E-state index in [9.17, 15) is 0 Å². The van der Waals surface area contributed by atoms with Crippen LogP contribution in [-0.4, -0.2) is 19.5 Å². The molecule has 0 spiro atoms. The molecular formula is C26H20N4. The van der Waals surface area contributed by atoms with Gasteiger partial charge in [-0.3, -0.25) is 0 Å². The molecule has 0 bridgehead atoms. The zero-order valence-corrected chi connectivity index (χ0v) is 16.3. The predicted octanol–water partition coefficient (Wildman–Crippen LogP) is 5.18. The van der Waals surface area contributed by atoms with Gasteiger partial charge in [-0.15, -0.1) is 0 Å². The molecule has 0 aliphatic rings. The molecule has 4 heteroatoms. The summed E-state index contributed by atoms with van der Waals surface area (Å²) in [7, 11) is 0. The van der Waals surface area contributed by atoms with Gasteiger partial charge in [0, 0.05) is 24.2 Å². The maximum absolute atomic E-state index is 4.71. The summed E-state index contributed by atoms with van der Waals surface area (Å²) >= 11 is 0. The molecule has 0 unspecified atom stereocenters. The first-order chi connectivity index (χ1) is 14.9. The van der Waals surface area contributed by atoms with Crippen molar-refractivity contribution >= 4 is 0 Å². The molecule has 0 aliphatic heterocycles. The molecule has 30 heavy (non-hydrogen) atoms. The highest BCUT2D eigenvalue weighted by molar-refractivity contribution is 5.57. The van der Waals surface area contributed by atoms with Crippen LogP contribution in [0.4, 0.5) is 0 Å². The van der Waals surface area contributed by atoms with Crippen LogP contribution in [0, 0.1) is 0 Å². The Hall–Kier alpha value is -4.05. The fraction of sp³-hybridized carbons (Fsp3) is 0.0385. The SMILES string of the molecule is c1ccc(C(c2ccccc2)(c2ccccc2)n2cnc(-c3cncnc3)c2)cc1. The summed E-state index contributed by atoms with van der Waals surface area (Å²) in [5.74, 6) is 0. The summed E-state index contributed by atoms with van der Waals surface area (Å²) in [5, 5.41) is 0. The number of rotatable bonds is 5. The van der Waals surface area contributed by atoms with Crippen LogP contribution in [-0.2, 0) is 5.54 Å². The van der Waals surface area contributed by atoms with Gasteiger partial charge in [0.25, 0.3) is 0 Å². The van der Waals surface area contributed by atoms with Gasteiger partial charge in [-0.05, 0) is 16.7 Å². The Morgan fingerprint density at radius 1 is 0.600 bits per heavy atom. The summed E-state index contributed by atoms with van der Waals surface area (Å²) in [6.45, 7) is 0. The van der Waals surface area contributed by atoms with Crippen molar-refractivity contribution in [3.8, 4) is 11.3 Å². The van der Waals surface area contributed by atoms with E-state index in [1.807, 2.05) is 24.5 Å². The summed E-state index contributed by atoms with van der Waals surface area (Å²) in [6.07, 6.45) is 9.08. The molecule has 0 atom stereocenters. The molecule has 0 saturated carbocycles. The third kappa shape index (κ3) is 2.99. The van der Waals surface area contributed by atoms with Crippen molar-refractivity contribution in [3.63, 3.8) is 0 Å². The first-order valence-electron chi connectivity index (χ1n) is 9.85. The van der Waals surface area contributed by atoms with Gasteiger partial charge in [-0.2, -0.15) is 0 Å². The van der Waals surface area contributed by atoms with E-state index in [0.717, 1.165) is 27.9 Å². The highest BCUT2D eigenvalue weighted by Gasteiger charge is 2.38. The Morgan fingerprint density at radius 2 is 1.07 bits per heavy atom. The van der Waals surface area contributed by atoms with Gasteiger partial charge in [0.15, 0.2) is 0 Å². The van der Waals surface area contributed by atoms with Gasteiger partial charge < -0.3 is 4.57 Å². The lowest BCUT2D eigenvalue weighted by atomic mass is 9.77. The Kier molecular flexibility index (Phi) is 4.66. The zero-order chi connectivity index (χ0) is 20.2. The minimum atomic E-state index is -0.565. The molecule has 3 aromatic carbocycles. The molecular weight excluding hydrogens is 368 g/mol. The van der Waals surface area contributed by atoms with Crippen molar-refractivity contribution in [2.45, 2.75) is 5.54 Å². The topological polar surface area (TPSA) is 43.6 Å². The number of imidazole rings is 1. The van der Waals surface area contributed by atoms with Crippen LogP contribution in [0.2, 0.25) is 0 Å². The van der Waals surface area contributed by atoms with Gasteiger partial charge in [0.2, 0.25) is 0 Å². The van der Waals surface area contributed by atoms with E-state index < -0.39 is 5.54 Å². The van der Waals surface area contributed by atoms with Gasteiger partial charge in [0.05, 0.1) is 12.0 Å². The van der Waals surface area contributed by atoms with Gasteiger partial charge in [0.1, 0.15) is 11.9 Å². The van der Waals surface area contributed by atoms with Crippen molar-refractivity contribution in [2.24, 2.45) is 0 Å². The average molecular weight is 388 g/mol. The average Bonchev–Trinajstić information content (AvgIpc) is 3.33. The number of hydrogen-bond donors (Lipinski definition) is 0. The molecule has 2 heterocycles.